The second-order valence-corrected chi connectivity index (χ2v) is 9.53. The fraction of sp³-hybridized carbons (Fsp3) is 0.423. The van der Waals surface area contributed by atoms with E-state index in [1.165, 1.54) is 17.1 Å². The molecule has 2 aromatic carbocycles. The summed E-state index contributed by atoms with van der Waals surface area (Å²) in [5.74, 6) is -0.740. The topological polar surface area (TPSA) is 65.5 Å². The van der Waals surface area contributed by atoms with Crippen molar-refractivity contribution in [3.05, 3.63) is 59.2 Å². The summed E-state index contributed by atoms with van der Waals surface area (Å²) in [5, 5.41) is 5.92. The molecular weight excluding hydrogens is 473 g/mol. The normalized spacial score (nSPS) is 24.0. The number of alkyl halides is 3. The fourth-order valence-corrected chi connectivity index (χ4v) is 5.58. The standard InChI is InChI=1S/C26H27F3N4O3/c1-4-36-23(34)17-5-8-20(9-6-17)33-24(35)25(16(2)30-33)14-18-13-19(26(27,28)29)7-10-21(18)32-12-11-31(3)15-22(25)32/h5-10,13,22H,4,11-12,14-15H2,1-3H3/t22-,25+/m1/s1. The number of rotatable bonds is 3. The first-order chi connectivity index (χ1) is 17.1. The number of hydrogen-bond donors (Lipinski definition) is 0. The zero-order chi connectivity index (χ0) is 25.8. The summed E-state index contributed by atoms with van der Waals surface area (Å²) in [7, 11) is 1.98. The van der Waals surface area contributed by atoms with E-state index in [0.29, 0.717) is 35.6 Å². The van der Waals surface area contributed by atoms with Gasteiger partial charge in [-0.15, -0.1) is 0 Å². The molecule has 0 saturated carbocycles. The zero-order valence-corrected chi connectivity index (χ0v) is 20.3. The average molecular weight is 501 g/mol. The van der Waals surface area contributed by atoms with Crippen molar-refractivity contribution in [1.82, 2.24) is 4.90 Å². The number of esters is 1. The molecule has 1 spiro atoms. The molecular formula is C26H27F3N4O3. The number of carbonyl (C=O) groups excluding carboxylic acids is 2. The number of carbonyl (C=O) groups is 2. The van der Waals surface area contributed by atoms with Gasteiger partial charge in [-0.25, -0.2) is 4.79 Å². The van der Waals surface area contributed by atoms with Crippen LogP contribution in [-0.2, 0) is 22.1 Å². The number of anilines is 2. The van der Waals surface area contributed by atoms with Crippen molar-refractivity contribution in [3.63, 3.8) is 0 Å². The molecule has 1 fully saturated rings. The summed E-state index contributed by atoms with van der Waals surface area (Å²) in [6, 6.07) is 9.93. The van der Waals surface area contributed by atoms with Crippen LogP contribution in [0.1, 0.15) is 35.3 Å². The Bertz CT molecular complexity index is 1240. The monoisotopic (exact) mass is 500 g/mol. The number of amides is 1. The molecule has 0 aromatic heterocycles. The fourth-order valence-electron chi connectivity index (χ4n) is 5.58. The molecule has 0 unspecified atom stereocenters. The van der Waals surface area contributed by atoms with Gasteiger partial charge in [0, 0.05) is 25.3 Å². The van der Waals surface area contributed by atoms with E-state index in [0.717, 1.165) is 18.3 Å². The highest BCUT2D eigenvalue weighted by atomic mass is 19.4. The van der Waals surface area contributed by atoms with E-state index >= 15 is 0 Å². The Balaban J connectivity index is 1.55. The highest BCUT2D eigenvalue weighted by Crippen LogP contribution is 2.49. The van der Waals surface area contributed by atoms with Crippen molar-refractivity contribution in [2.75, 3.05) is 43.2 Å². The van der Waals surface area contributed by atoms with Gasteiger partial charge in [-0.3, -0.25) is 4.79 Å². The molecule has 36 heavy (non-hydrogen) atoms. The van der Waals surface area contributed by atoms with Crippen LogP contribution in [0.25, 0.3) is 0 Å². The molecule has 0 radical (unpaired) electrons. The third-order valence-electron chi connectivity index (χ3n) is 7.43. The first-order valence-corrected chi connectivity index (χ1v) is 11.9. The number of likely N-dealkylation sites (N-methyl/N-ethyl adjacent to an activating group) is 1. The van der Waals surface area contributed by atoms with Gasteiger partial charge in [0.25, 0.3) is 5.91 Å². The number of piperazine rings is 1. The lowest BCUT2D eigenvalue weighted by molar-refractivity contribution is -0.137. The number of ether oxygens (including phenoxy) is 1. The largest absolute Gasteiger partial charge is 0.462 e. The van der Waals surface area contributed by atoms with Gasteiger partial charge in [0.2, 0.25) is 0 Å². The number of fused-ring (bicyclic) bond motifs is 4. The van der Waals surface area contributed by atoms with Gasteiger partial charge >= 0.3 is 12.1 Å². The molecule has 190 valence electrons. The minimum absolute atomic E-state index is 0.132. The number of hydrazone groups is 1. The summed E-state index contributed by atoms with van der Waals surface area (Å²) in [4.78, 5) is 30.3. The summed E-state index contributed by atoms with van der Waals surface area (Å²) < 4.78 is 45.6. The highest BCUT2D eigenvalue weighted by molar-refractivity contribution is 6.20. The van der Waals surface area contributed by atoms with Gasteiger partial charge in [0.1, 0.15) is 5.41 Å². The van der Waals surface area contributed by atoms with Gasteiger partial charge < -0.3 is 14.5 Å². The Hall–Kier alpha value is -3.40. The molecule has 1 saturated heterocycles. The smallest absolute Gasteiger partial charge is 0.416 e. The first kappa shape index (κ1) is 24.3. The van der Waals surface area contributed by atoms with E-state index in [2.05, 4.69) is 14.9 Å². The van der Waals surface area contributed by atoms with E-state index in [4.69, 9.17) is 4.74 Å². The van der Waals surface area contributed by atoms with E-state index in [1.54, 1.807) is 38.1 Å². The number of hydrogen-bond acceptors (Lipinski definition) is 6. The zero-order valence-electron chi connectivity index (χ0n) is 20.3. The SMILES string of the molecule is CCOC(=O)c1ccc(N2N=C(C)[C@]3(Cc4cc(C(F)(F)F)ccc4N4CCN(C)C[C@@H]43)C2=O)cc1. The van der Waals surface area contributed by atoms with Gasteiger partial charge in [0.05, 0.1) is 35.2 Å². The highest BCUT2D eigenvalue weighted by Gasteiger charge is 2.59. The van der Waals surface area contributed by atoms with Crippen molar-refractivity contribution in [1.29, 1.82) is 0 Å². The second-order valence-electron chi connectivity index (χ2n) is 9.53. The Kier molecular flexibility index (Phi) is 5.82. The molecule has 7 nitrogen and oxygen atoms in total. The maximum Gasteiger partial charge on any atom is 0.416 e. The summed E-state index contributed by atoms with van der Waals surface area (Å²) in [6.07, 6.45) is -4.34. The van der Waals surface area contributed by atoms with Crippen molar-refractivity contribution in [2.45, 2.75) is 32.5 Å². The van der Waals surface area contributed by atoms with E-state index in [-0.39, 0.29) is 25.0 Å². The van der Waals surface area contributed by atoms with Crippen molar-refractivity contribution in [2.24, 2.45) is 10.5 Å². The van der Waals surface area contributed by atoms with E-state index in [1.807, 2.05) is 7.05 Å². The maximum atomic E-state index is 14.1. The van der Waals surface area contributed by atoms with Crippen LogP contribution in [0.15, 0.2) is 47.6 Å². The Morgan fingerprint density at radius 3 is 2.56 bits per heavy atom. The van der Waals surface area contributed by atoms with Crippen LogP contribution in [0.4, 0.5) is 24.5 Å². The second kappa shape index (κ2) is 8.62. The third kappa shape index (κ3) is 3.75. The molecule has 3 aliphatic rings. The van der Waals surface area contributed by atoms with Crippen molar-refractivity contribution < 1.29 is 27.5 Å². The van der Waals surface area contributed by atoms with Crippen LogP contribution in [-0.4, -0.2) is 61.8 Å². The lowest BCUT2D eigenvalue weighted by Crippen LogP contribution is -2.66. The van der Waals surface area contributed by atoms with Crippen LogP contribution in [0, 0.1) is 5.41 Å². The first-order valence-electron chi connectivity index (χ1n) is 11.9. The molecule has 0 bridgehead atoms. The van der Waals surface area contributed by atoms with Gasteiger partial charge in [-0.05, 0) is 75.3 Å². The predicted octanol–water partition coefficient (Wildman–Crippen LogP) is 3.97. The van der Waals surface area contributed by atoms with Gasteiger partial charge in [0.15, 0.2) is 0 Å². The summed E-state index contributed by atoms with van der Waals surface area (Å²) in [5.41, 5.74) is 0.804. The molecule has 2 atom stereocenters. The molecule has 2 aromatic rings. The van der Waals surface area contributed by atoms with Crippen LogP contribution < -0.4 is 9.91 Å². The minimum atomic E-state index is -4.48. The Morgan fingerprint density at radius 2 is 1.89 bits per heavy atom. The molecule has 1 amide bonds. The Morgan fingerprint density at radius 1 is 1.17 bits per heavy atom. The van der Waals surface area contributed by atoms with Crippen LogP contribution in [0.2, 0.25) is 0 Å². The third-order valence-corrected chi connectivity index (χ3v) is 7.43. The molecule has 5 rings (SSSR count). The summed E-state index contributed by atoms with van der Waals surface area (Å²) >= 11 is 0. The van der Waals surface area contributed by atoms with Gasteiger partial charge in [-0.2, -0.15) is 23.3 Å². The minimum Gasteiger partial charge on any atom is -0.462 e. The molecule has 3 heterocycles. The lowest BCUT2D eigenvalue weighted by Gasteiger charge is -2.53. The molecule has 3 aliphatic heterocycles. The van der Waals surface area contributed by atoms with Gasteiger partial charge in [-0.1, -0.05) is 0 Å². The molecule has 0 aliphatic carbocycles. The number of nitrogens with zero attached hydrogens (tertiary/aromatic N) is 4. The summed E-state index contributed by atoms with van der Waals surface area (Å²) in [6.45, 7) is 5.65. The lowest BCUT2D eigenvalue weighted by atomic mass is 9.67. The van der Waals surface area contributed by atoms with Crippen LogP contribution in [0.3, 0.4) is 0 Å². The van der Waals surface area contributed by atoms with E-state index < -0.39 is 23.1 Å². The predicted molar refractivity (Wildman–Crippen MR) is 129 cm³/mol. The maximum absolute atomic E-state index is 14.1. The molecule has 10 heteroatoms. The van der Waals surface area contributed by atoms with Crippen LogP contribution >= 0.6 is 0 Å². The van der Waals surface area contributed by atoms with Crippen molar-refractivity contribution in [3.8, 4) is 0 Å². The van der Waals surface area contributed by atoms with Crippen molar-refractivity contribution >= 4 is 29.0 Å². The number of halogens is 3. The quantitative estimate of drug-likeness (QED) is 0.597. The number of benzene rings is 2. The molecule has 0 N–H and O–H groups in total. The van der Waals surface area contributed by atoms with E-state index in [9.17, 15) is 22.8 Å². The van der Waals surface area contributed by atoms with Crippen LogP contribution in [0.5, 0.6) is 0 Å². The average Bonchev–Trinajstić information content (AvgIpc) is 3.09. The Labute approximate surface area is 207 Å².